The maximum atomic E-state index is 7.39. The number of aromatic nitrogens is 2. The minimum Gasteiger partial charge on any atom is -0.384 e. The van der Waals surface area contributed by atoms with E-state index in [1.165, 1.54) is 11.4 Å². The van der Waals surface area contributed by atoms with Crippen LogP contribution in [0.25, 0.3) is 0 Å². The third kappa shape index (κ3) is 2.07. The second kappa shape index (κ2) is 4.42. The van der Waals surface area contributed by atoms with Crippen molar-refractivity contribution < 1.29 is 4.68 Å². The Balaban J connectivity index is 1.77. The molecule has 5 heteroatoms. The molecule has 0 bridgehead atoms. The molecule has 1 aliphatic rings. The highest BCUT2D eigenvalue weighted by Crippen LogP contribution is 2.21. The van der Waals surface area contributed by atoms with Crippen LogP contribution in [0.4, 0.5) is 5.82 Å². The molecule has 0 radical (unpaired) electrons. The van der Waals surface area contributed by atoms with Crippen molar-refractivity contribution in [2.75, 3.05) is 11.4 Å². The zero-order valence-electron chi connectivity index (χ0n) is 11.0. The monoisotopic (exact) mass is 256 g/mol. The maximum Gasteiger partial charge on any atom is 0.197 e. The molecule has 0 aliphatic carbocycles. The molecule has 1 aromatic heterocycles. The van der Waals surface area contributed by atoms with Crippen molar-refractivity contribution in [3.05, 3.63) is 47.7 Å². The van der Waals surface area contributed by atoms with Crippen molar-refractivity contribution in [1.82, 2.24) is 4.68 Å². The first-order chi connectivity index (χ1) is 9.15. The molecule has 0 fully saturated rings. The fourth-order valence-corrected chi connectivity index (χ4v) is 2.54. The van der Waals surface area contributed by atoms with Gasteiger partial charge < -0.3 is 10.6 Å². The Morgan fingerprint density at radius 1 is 1.26 bits per heavy atom. The first-order valence-corrected chi connectivity index (χ1v) is 6.39. The van der Waals surface area contributed by atoms with Gasteiger partial charge in [-0.15, -0.1) is 9.36 Å². The molecule has 2 aromatic rings. The quantitative estimate of drug-likeness (QED) is 0.480. The van der Waals surface area contributed by atoms with E-state index in [0.29, 0.717) is 0 Å². The van der Waals surface area contributed by atoms with Crippen LogP contribution in [-0.4, -0.2) is 17.1 Å². The summed E-state index contributed by atoms with van der Waals surface area (Å²) in [5.74, 6) is 1.38. The fraction of sp³-hybridized carbons (Fsp3) is 0.286. The lowest BCUT2D eigenvalue weighted by Crippen LogP contribution is -2.37. The van der Waals surface area contributed by atoms with Crippen LogP contribution in [0.15, 0.2) is 36.5 Å². The van der Waals surface area contributed by atoms with Gasteiger partial charge in [-0.2, -0.15) is 0 Å². The molecule has 1 aliphatic heterocycles. The highest BCUT2D eigenvalue weighted by molar-refractivity contribution is 5.94. The van der Waals surface area contributed by atoms with Gasteiger partial charge in [-0.1, -0.05) is 24.3 Å². The number of benzene rings is 1. The van der Waals surface area contributed by atoms with Gasteiger partial charge >= 0.3 is 0 Å². The average Bonchev–Trinajstić information content (AvgIpc) is 2.95. The van der Waals surface area contributed by atoms with Crippen molar-refractivity contribution in [2.45, 2.75) is 13.1 Å². The first kappa shape index (κ1) is 11.8. The van der Waals surface area contributed by atoms with Gasteiger partial charge in [-0.25, -0.2) is 0 Å². The molecule has 0 unspecified atom stereocenters. The van der Waals surface area contributed by atoms with Crippen molar-refractivity contribution in [3.63, 3.8) is 0 Å². The first-order valence-electron chi connectivity index (χ1n) is 6.39. The molecule has 1 aromatic carbocycles. The van der Waals surface area contributed by atoms with Gasteiger partial charge in [0.15, 0.2) is 19.1 Å². The smallest absolute Gasteiger partial charge is 0.197 e. The number of amidine groups is 1. The van der Waals surface area contributed by atoms with Crippen LogP contribution in [-0.2, 0) is 20.1 Å². The van der Waals surface area contributed by atoms with Gasteiger partial charge in [-0.3, -0.25) is 5.41 Å². The van der Waals surface area contributed by atoms with E-state index in [4.69, 9.17) is 11.1 Å². The molecule has 5 nitrogen and oxygen atoms in total. The predicted octanol–water partition coefficient (Wildman–Crippen LogP) is 0.617. The lowest BCUT2D eigenvalue weighted by molar-refractivity contribution is -0.751. The van der Waals surface area contributed by atoms with Gasteiger partial charge in [-0.05, 0) is 5.56 Å². The summed E-state index contributed by atoms with van der Waals surface area (Å²) in [6.07, 6.45) is 2.08. The number of hydrogen-bond donors (Lipinski definition) is 2. The van der Waals surface area contributed by atoms with E-state index in [0.717, 1.165) is 25.2 Å². The van der Waals surface area contributed by atoms with Crippen LogP contribution < -0.4 is 15.3 Å². The third-order valence-corrected chi connectivity index (χ3v) is 3.63. The zero-order valence-corrected chi connectivity index (χ0v) is 11.0. The lowest BCUT2D eigenvalue weighted by atomic mass is 10.1. The summed E-state index contributed by atoms with van der Waals surface area (Å²) in [7, 11) is 2.06. The summed E-state index contributed by atoms with van der Waals surface area (Å²) in [6, 6.07) is 10.1. The number of anilines is 1. The maximum absolute atomic E-state index is 7.39. The Labute approximate surface area is 112 Å². The number of nitrogens with zero attached hydrogens (tertiary/aromatic N) is 3. The minimum absolute atomic E-state index is 0.119. The van der Waals surface area contributed by atoms with E-state index in [-0.39, 0.29) is 5.84 Å². The Bertz CT molecular complexity index is 611. The summed E-state index contributed by atoms with van der Waals surface area (Å²) in [4.78, 5) is 2.36. The van der Waals surface area contributed by atoms with E-state index >= 15 is 0 Å². The van der Waals surface area contributed by atoms with Gasteiger partial charge in [0.05, 0.1) is 12.6 Å². The average molecular weight is 256 g/mol. The van der Waals surface area contributed by atoms with Gasteiger partial charge in [0.2, 0.25) is 0 Å². The second-order valence-electron chi connectivity index (χ2n) is 4.90. The summed E-state index contributed by atoms with van der Waals surface area (Å²) in [5.41, 5.74) is 7.48. The molecule has 0 amide bonds. The molecule has 0 atom stereocenters. The summed E-state index contributed by atoms with van der Waals surface area (Å²) < 4.78 is 4.39. The van der Waals surface area contributed by atoms with Crippen LogP contribution in [0, 0.1) is 5.41 Å². The normalized spacial score (nSPS) is 13.6. The zero-order chi connectivity index (χ0) is 13.4. The number of hydrogen-bond acceptors (Lipinski definition) is 2. The number of aryl methyl sites for hydroxylation is 1. The van der Waals surface area contributed by atoms with E-state index in [2.05, 4.69) is 33.6 Å². The van der Waals surface area contributed by atoms with Crippen molar-refractivity contribution in [2.24, 2.45) is 12.8 Å². The van der Waals surface area contributed by atoms with Gasteiger partial charge in [0, 0.05) is 18.7 Å². The van der Waals surface area contributed by atoms with Gasteiger partial charge in [0.1, 0.15) is 5.84 Å². The highest BCUT2D eigenvalue weighted by Gasteiger charge is 2.24. The number of fused-ring (bicyclic) bond motifs is 1. The van der Waals surface area contributed by atoms with Crippen molar-refractivity contribution >= 4 is 11.7 Å². The number of nitrogens with one attached hydrogen (secondary N) is 1. The molecule has 0 saturated carbocycles. The van der Waals surface area contributed by atoms with E-state index in [1.807, 2.05) is 24.3 Å². The summed E-state index contributed by atoms with van der Waals surface area (Å²) >= 11 is 0. The number of nitrogen functional groups attached to an aromatic ring is 1. The van der Waals surface area contributed by atoms with E-state index in [1.54, 1.807) is 0 Å². The topological polar surface area (TPSA) is 61.9 Å². The SMILES string of the molecule is C[n+]1ccc2n1CCN2Cc1ccc(C(=N)N)cc1. The molecular formula is C14H18N5+. The Hall–Kier alpha value is -2.30. The number of rotatable bonds is 3. The van der Waals surface area contributed by atoms with E-state index in [9.17, 15) is 0 Å². The number of nitrogens with two attached hydrogens (primary N) is 1. The molecule has 3 rings (SSSR count). The molecule has 3 N–H and O–H groups in total. The Morgan fingerprint density at radius 2 is 2.00 bits per heavy atom. The van der Waals surface area contributed by atoms with Crippen molar-refractivity contribution in [1.29, 1.82) is 5.41 Å². The van der Waals surface area contributed by atoms with Gasteiger partial charge in [0.25, 0.3) is 0 Å². The highest BCUT2D eigenvalue weighted by atomic mass is 15.5. The molecule has 98 valence electrons. The van der Waals surface area contributed by atoms with E-state index < -0.39 is 0 Å². The molecule has 2 heterocycles. The molecular weight excluding hydrogens is 238 g/mol. The van der Waals surface area contributed by atoms with Crippen molar-refractivity contribution in [3.8, 4) is 0 Å². The third-order valence-electron chi connectivity index (χ3n) is 3.63. The summed E-state index contributed by atoms with van der Waals surface area (Å²) in [6.45, 7) is 2.96. The van der Waals surface area contributed by atoms with Crippen LogP contribution in [0.2, 0.25) is 0 Å². The predicted molar refractivity (Wildman–Crippen MR) is 74.1 cm³/mol. The lowest BCUT2D eigenvalue weighted by Gasteiger charge is -2.16. The van der Waals surface area contributed by atoms with Crippen LogP contribution in [0.1, 0.15) is 11.1 Å². The molecule has 0 saturated heterocycles. The van der Waals surface area contributed by atoms with Crippen LogP contribution >= 0.6 is 0 Å². The Morgan fingerprint density at radius 3 is 2.68 bits per heavy atom. The van der Waals surface area contributed by atoms with Crippen LogP contribution in [0.5, 0.6) is 0 Å². The Kier molecular flexibility index (Phi) is 2.74. The fourth-order valence-electron chi connectivity index (χ4n) is 2.54. The standard InChI is InChI=1S/C14H18N5/c1-17-7-6-13-18(8-9-19(13)17)10-11-2-4-12(5-3-11)14(15)16/h2-7H,8-10H2,1H3,(H3,15,16)/q+1. The molecule has 0 spiro atoms. The minimum atomic E-state index is 0.119. The summed E-state index contributed by atoms with van der Waals surface area (Å²) in [5, 5.41) is 7.39. The largest absolute Gasteiger partial charge is 0.384 e. The van der Waals surface area contributed by atoms with Crippen LogP contribution in [0.3, 0.4) is 0 Å². The second-order valence-corrected chi connectivity index (χ2v) is 4.90. The molecule has 19 heavy (non-hydrogen) atoms.